The summed E-state index contributed by atoms with van der Waals surface area (Å²) >= 11 is 1.50. The lowest BCUT2D eigenvalue weighted by atomic mass is 10.1. The molecule has 0 bridgehead atoms. The number of fused-ring (bicyclic) bond motifs is 1. The second-order valence-corrected chi connectivity index (χ2v) is 8.87. The SMILES string of the molecule is C=CC(=O)N1CC(Nc2cc(CN3CCOCC3)cc(Nc3nc4cccnc4s3)n2)C1. The van der Waals surface area contributed by atoms with Crippen molar-refractivity contribution < 1.29 is 9.53 Å². The Balaban J connectivity index is 1.34. The minimum atomic E-state index is -0.0381. The van der Waals surface area contributed by atoms with Gasteiger partial charge in [0.15, 0.2) is 5.13 Å². The summed E-state index contributed by atoms with van der Waals surface area (Å²) in [7, 11) is 0. The predicted molar refractivity (Wildman–Crippen MR) is 125 cm³/mol. The summed E-state index contributed by atoms with van der Waals surface area (Å²) in [6.07, 6.45) is 3.12. The van der Waals surface area contributed by atoms with Crippen molar-refractivity contribution in [3.8, 4) is 0 Å². The minimum absolute atomic E-state index is 0.0381. The summed E-state index contributed by atoms with van der Waals surface area (Å²) in [5, 5.41) is 7.57. The fourth-order valence-electron chi connectivity index (χ4n) is 3.85. The lowest BCUT2D eigenvalue weighted by Crippen LogP contribution is -2.56. The Morgan fingerprint density at radius 2 is 2.06 bits per heavy atom. The third-order valence-corrected chi connectivity index (χ3v) is 6.41. The fraction of sp³-hybridized carbons (Fsp3) is 0.364. The molecule has 2 fully saturated rings. The molecule has 3 aromatic rings. The van der Waals surface area contributed by atoms with Crippen molar-refractivity contribution in [3.05, 3.63) is 48.7 Å². The number of nitrogens with one attached hydrogen (secondary N) is 2. The van der Waals surface area contributed by atoms with Crippen LogP contribution in [0.3, 0.4) is 0 Å². The number of pyridine rings is 2. The van der Waals surface area contributed by atoms with Crippen molar-refractivity contribution in [2.75, 3.05) is 50.0 Å². The molecule has 0 unspecified atom stereocenters. The highest BCUT2D eigenvalue weighted by Gasteiger charge is 2.29. The topological polar surface area (TPSA) is 95.5 Å². The van der Waals surface area contributed by atoms with Crippen LogP contribution in [0.15, 0.2) is 43.1 Å². The van der Waals surface area contributed by atoms with Crippen LogP contribution in [0.5, 0.6) is 0 Å². The largest absolute Gasteiger partial charge is 0.379 e. The Bertz CT molecular complexity index is 1090. The summed E-state index contributed by atoms with van der Waals surface area (Å²) in [6, 6.07) is 8.15. The third kappa shape index (κ3) is 4.72. The second kappa shape index (κ2) is 9.19. The number of thiazole rings is 1. The standard InChI is InChI=1S/C22H25N7O2S/c1-2-20(30)29-13-16(14-29)24-18-10-15(12-28-6-8-31-9-7-28)11-19(26-18)27-22-25-17-4-3-5-23-21(17)32-22/h2-5,10-11,16H,1,6-9,12-14H2,(H2,24,25,26,27). The number of likely N-dealkylation sites (tertiary alicyclic amines) is 1. The van der Waals surface area contributed by atoms with Gasteiger partial charge < -0.3 is 20.3 Å². The van der Waals surface area contributed by atoms with Crippen molar-refractivity contribution in [1.82, 2.24) is 24.8 Å². The second-order valence-electron chi connectivity index (χ2n) is 7.89. The van der Waals surface area contributed by atoms with E-state index in [2.05, 4.69) is 44.2 Å². The van der Waals surface area contributed by atoms with Crippen LogP contribution in [0.1, 0.15) is 5.56 Å². The zero-order chi connectivity index (χ0) is 21.9. The molecule has 5 rings (SSSR count). The van der Waals surface area contributed by atoms with E-state index in [0.717, 1.165) is 65.5 Å². The molecule has 0 saturated carbocycles. The van der Waals surface area contributed by atoms with Crippen LogP contribution in [0.25, 0.3) is 10.3 Å². The maximum Gasteiger partial charge on any atom is 0.246 e. The Kier molecular flexibility index (Phi) is 5.97. The number of carbonyl (C=O) groups excluding carboxylic acids is 1. The van der Waals surface area contributed by atoms with E-state index in [1.54, 1.807) is 11.1 Å². The lowest BCUT2D eigenvalue weighted by molar-refractivity contribution is -0.129. The number of anilines is 3. The van der Waals surface area contributed by atoms with E-state index >= 15 is 0 Å². The van der Waals surface area contributed by atoms with Gasteiger partial charge in [-0.05, 0) is 35.9 Å². The number of carbonyl (C=O) groups is 1. The zero-order valence-electron chi connectivity index (χ0n) is 17.7. The van der Waals surface area contributed by atoms with Crippen LogP contribution in [0.2, 0.25) is 0 Å². The highest BCUT2D eigenvalue weighted by molar-refractivity contribution is 7.21. The molecule has 32 heavy (non-hydrogen) atoms. The first kappa shape index (κ1) is 20.8. The van der Waals surface area contributed by atoms with E-state index in [9.17, 15) is 4.79 Å². The first-order valence-electron chi connectivity index (χ1n) is 10.6. The molecule has 0 atom stereocenters. The van der Waals surface area contributed by atoms with Crippen LogP contribution >= 0.6 is 11.3 Å². The fourth-order valence-corrected chi connectivity index (χ4v) is 4.67. The molecule has 0 aliphatic carbocycles. The van der Waals surface area contributed by atoms with Gasteiger partial charge in [0.05, 0.1) is 19.3 Å². The molecule has 10 heteroatoms. The number of nitrogens with zero attached hydrogens (tertiary/aromatic N) is 5. The van der Waals surface area contributed by atoms with E-state index < -0.39 is 0 Å². The summed E-state index contributed by atoms with van der Waals surface area (Å²) < 4.78 is 5.48. The molecular weight excluding hydrogens is 426 g/mol. The molecule has 1 amide bonds. The van der Waals surface area contributed by atoms with Crippen LogP contribution in [-0.2, 0) is 16.1 Å². The average Bonchev–Trinajstić information content (AvgIpc) is 3.18. The van der Waals surface area contributed by atoms with Crippen molar-refractivity contribution in [1.29, 1.82) is 0 Å². The average molecular weight is 452 g/mol. The van der Waals surface area contributed by atoms with Gasteiger partial charge >= 0.3 is 0 Å². The van der Waals surface area contributed by atoms with E-state index in [1.165, 1.54) is 17.4 Å². The lowest BCUT2D eigenvalue weighted by Gasteiger charge is -2.39. The molecule has 0 radical (unpaired) electrons. The number of rotatable bonds is 7. The van der Waals surface area contributed by atoms with E-state index in [4.69, 9.17) is 9.72 Å². The Hall–Kier alpha value is -3.08. The van der Waals surface area contributed by atoms with Crippen LogP contribution in [-0.4, -0.2) is 76.1 Å². The number of hydrogen-bond donors (Lipinski definition) is 2. The Morgan fingerprint density at radius 3 is 2.84 bits per heavy atom. The van der Waals surface area contributed by atoms with E-state index in [1.807, 2.05) is 12.1 Å². The van der Waals surface area contributed by atoms with Gasteiger partial charge in [0, 0.05) is 38.9 Å². The van der Waals surface area contributed by atoms with E-state index in [0.29, 0.717) is 13.1 Å². The molecule has 166 valence electrons. The predicted octanol–water partition coefficient (Wildman–Crippen LogP) is 2.47. The van der Waals surface area contributed by atoms with Gasteiger partial charge in [-0.1, -0.05) is 17.9 Å². The summed E-state index contributed by atoms with van der Waals surface area (Å²) in [5.74, 6) is 1.48. The number of hydrogen-bond acceptors (Lipinski definition) is 9. The number of amides is 1. The summed E-state index contributed by atoms with van der Waals surface area (Å²) in [5.41, 5.74) is 2.02. The molecule has 0 spiro atoms. The summed E-state index contributed by atoms with van der Waals surface area (Å²) in [4.78, 5) is 30.5. The highest BCUT2D eigenvalue weighted by Crippen LogP contribution is 2.27. The maximum atomic E-state index is 11.7. The van der Waals surface area contributed by atoms with Gasteiger partial charge in [0.1, 0.15) is 22.0 Å². The van der Waals surface area contributed by atoms with Gasteiger partial charge in [0.2, 0.25) is 5.91 Å². The molecular formula is C22H25N7O2S. The number of morpholine rings is 1. The summed E-state index contributed by atoms with van der Waals surface area (Å²) in [6.45, 7) is 9.01. The normalized spacial score (nSPS) is 17.2. The molecule has 3 aromatic heterocycles. The van der Waals surface area contributed by atoms with Crippen LogP contribution in [0.4, 0.5) is 16.8 Å². The Morgan fingerprint density at radius 1 is 1.25 bits per heavy atom. The highest BCUT2D eigenvalue weighted by atomic mass is 32.1. The van der Waals surface area contributed by atoms with Crippen LogP contribution in [0, 0.1) is 0 Å². The molecule has 2 aliphatic rings. The minimum Gasteiger partial charge on any atom is -0.379 e. The van der Waals surface area contributed by atoms with Gasteiger partial charge in [-0.3, -0.25) is 9.69 Å². The van der Waals surface area contributed by atoms with Gasteiger partial charge in [-0.15, -0.1) is 0 Å². The van der Waals surface area contributed by atoms with Crippen LogP contribution < -0.4 is 10.6 Å². The van der Waals surface area contributed by atoms with Crippen molar-refractivity contribution >= 4 is 44.4 Å². The smallest absolute Gasteiger partial charge is 0.246 e. The van der Waals surface area contributed by atoms with Crippen molar-refractivity contribution in [3.63, 3.8) is 0 Å². The molecule has 9 nitrogen and oxygen atoms in total. The zero-order valence-corrected chi connectivity index (χ0v) is 18.5. The molecule has 0 aromatic carbocycles. The monoisotopic (exact) mass is 451 g/mol. The number of ether oxygens (including phenoxy) is 1. The van der Waals surface area contributed by atoms with Crippen molar-refractivity contribution in [2.45, 2.75) is 12.6 Å². The van der Waals surface area contributed by atoms with Gasteiger partial charge in [-0.2, -0.15) is 0 Å². The Labute approximate surface area is 190 Å². The number of aromatic nitrogens is 3. The van der Waals surface area contributed by atoms with E-state index in [-0.39, 0.29) is 11.9 Å². The van der Waals surface area contributed by atoms with Gasteiger partial charge in [-0.25, -0.2) is 15.0 Å². The molecule has 2 aliphatic heterocycles. The third-order valence-electron chi connectivity index (χ3n) is 5.52. The maximum absolute atomic E-state index is 11.7. The molecule has 5 heterocycles. The molecule has 2 N–H and O–H groups in total. The molecule has 2 saturated heterocycles. The quantitative estimate of drug-likeness (QED) is 0.529. The first-order valence-corrected chi connectivity index (χ1v) is 11.5. The van der Waals surface area contributed by atoms with Crippen molar-refractivity contribution in [2.24, 2.45) is 0 Å². The first-order chi connectivity index (χ1) is 15.7. The van der Waals surface area contributed by atoms with Gasteiger partial charge in [0.25, 0.3) is 0 Å².